The van der Waals surface area contributed by atoms with Gasteiger partial charge in [0.15, 0.2) is 0 Å². The molecular weight excluding hydrogens is 423 g/mol. The van der Waals surface area contributed by atoms with Gasteiger partial charge in [0.1, 0.15) is 17.3 Å². The normalized spacial score (nSPS) is 15.0. The molecule has 3 aromatic rings. The standard InChI is InChI=1S/C22H21FN2O5S/c23-17-7-5-16(6-8-17)20-10-9-18(30-20)15-24-22(26)19-3-1-2-4-21(19)31(27,28)25-11-13-29-14-12-25/h1-10H,11-15H2,(H,24,26). The molecular formula is C22H21FN2O5S. The van der Waals surface area contributed by atoms with E-state index in [0.29, 0.717) is 30.3 Å². The van der Waals surface area contributed by atoms with Gasteiger partial charge in [-0.3, -0.25) is 4.79 Å². The molecule has 1 N–H and O–H groups in total. The number of nitrogens with one attached hydrogen (secondary N) is 1. The molecule has 2 heterocycles. The molecule has 0 radical (unpaired) electrons. The summed E-state index contributed by atoms with van der Waals surface area (Å²) in [6, 6.07) is 15.4. The van der Waals surface area contributed by atoms with Gasteiger partial charge in [-0.15, -0.1) is 0 Å². The molecule has 7 nitrogen and oxygen atoms in total. The Morgan fingerprint density at radius 1 is 1.00 bits per heavy atom. The van der Waals surface area contributed by atoms with Crippen molar-refractivity contribution in [2.24, 2.45) is 0 Å². The lowest BCUT2D eigenvalue weighted by Gasteiger charge is -2.26. The number of hydrogen-bond donors (Lipinski definition) is 1. The van der Waals surface area contributed by atoms with Crippen LogP contribution >= 0.6 is 0 Å². The highest BCUT2D eigenvalue weighted by Gasteiger charge is 2.30. The third-order valence-electron chi connectivity index (χ3n) is 4.93. The predicted molar refractivity (Wildman–Crippen MR) is 111 cm³/mol. The van der Waals surface area contributed by atoms with E-state index in [1.165, 1.54) is 28.6 Å². The van der Waals surface area contributed by atoms with Crippen LogP contribution in [0, 0.1) is 5.82 Å². The van der Waals surface area contributed by atoms with Gasteiger partial charge in [0.25, 0.3) is 5.91 Å². The van der Waals surface area contributed by atoms with E-state index in [9.17, 15) is 17.6 Å². The topological polar surface area (TPSA) is 88.8 Å². The zero-order valence-corrected chi connectivity index (χ0v) is 17.4. The summed E-state index contributed by atoms with van der Waals surface area (Å²) < 4.78 is 51.4. The number of sulfonamides is 1. The maximum Gasteiger partial charge on any atom is 0.253 e. The molecule has 1 aliphatic heterocycles. The van der Waals surface area contributed by atoms with Crippen molar-refractivity contribution < 1.29 is 26.8 Å². The number of ether oxygens (including phenoxy) is 1. The van der Waals surface area contributed by atoms with Crippen LogP contribution in [0.25, 0.3) is 11.3 Å². The van der Waals surface area contributed by atoms with E-state index >= 15 is 0 Å². The minimum atomic E-state index is -3.82. The first kappa shape index (κ1) is 21.2. The first-order valence-electron chi connectivity index (χ1n) is 9.75. The molecule has 31 heavy (non-hydrogen) atoms. The largest absolute Gasteiger partial charge is 0.459 e. The van der Waals surface area contributed by atoms with Crippen LogP contribution in [-0.2, 0) is 21.3 Å². The smallest absolute Gasteiger partial charge is 0.253 e. The van der Waals surface area contributed by atoms with Crippen LogP contribution in [0.2, 0.25) is 0 Å². The van der Waals surface area contributed by atoms with Crippen molar-refractivity contribution in [3.63, 3.8) is 0 Å². The number of carbonyl (C=O) groups is 1. The van der Waals surface area contributed by atoms with Gasteiger partial charge in [-0.05, 0) is 48.5 Å². The Morgan fingerprint density at radius 3 is 2.45 bits per heavy atom. The number of morpholine rings is 1. The number of nitrogens with zero attached hydrogens (tertiary/aromatic N) is 1. The Bertz CT molecular complexity index is 1170. The number of amides is 1. The summed E-state index contributed by atoms with van der Waals surface area (Å²) in [5.74, 6) is 0.168. The van der Waals surface area contributed by atoms with Gasteiger partial charge in [-0.2, -0.15) is 4.31 Å². The van der Waals surface area contributed by atoms with Gasteiger partial charge in [-0.1, -0.05) is 12.1 Å². The Balaban J connectivity index is 1.48. The molecule has 0 spiro atoms. The molecule has 162 valence electrons. The molecule has 0 bridgehead atoms. The first-order valence-corrected chi connectivity index (χ1v) is 11.2. The fraction of sp³-hybridized carbons (Fsp3) is 0.227. The van der Waals surface area contributed by atoms with Crippen LogP contribution in [-0.4, -0.2) is 44.9 Å². The summed E-state index contributed by atoms with van der Waals surface area (Å²) >= 11 is 0. The second kappa shape index (κ2) is 9.01. The first-order chi connectivity index (χ1) is 14.9. The molecule has 1 aromatic heterocycles. The summed E-state index contributed by atoms with van der Waals surface area (Å²) in [5, 5.41) is 2.70. The number of benzene rings is 2. The van der Waals surface area contributed by atoms with E-state index in [2.05, 4.69) is 5.32 Å². The molecule has 0 aliphatic carbocycles. The number of furan rings is 1. The fourth-order valence-corrected chi connectivity index (χ4v) is 4.91. The average molecular weight is 444 g/mol. The summed E-state index contributed by atoms with van der Waals surface area (Å²) in [7, 11) is -3.82. The van der Waals surface area contributed by atoms with Crippen molar-refractivity contribution in [3.05, 3.63) is 77.8 Å². The summed E-state index contributed by atoms with van der Waals surface area (Å²) in [4.78, 5) is 12.7. The quantitative estimate of drug-likeness (QED) is 0.631. The van der Waals surface area contributed by atoms with Crippen molar-refractivity contribution in [1.29, 1.82) is 0 Å². The lowest BCUT2D eigenvalue weighted by atomic mass is 10.2. The van der Waals surface area contributed by atoms with E-state index in [0.717, 1.165) is 0 Å². The number of halogens is 1. The minimum Gasteiger partial charge on any atom is -0.459 e. The van der Waals surface area contributed by atoms with E-state index < -0.39 is 15.9 Å². The maximum atomic E-state index is 13.1. The van der Waals surface area contributed by atoms with Crippen LogP contribution in [0.5, 0.6) is 0 Å². The van der Waals surface area contributed by atoms with Crippen molar-refractivity contribution in [2.45, 2.75) is 11.4 Å². The Hall–Kier alpha value is -3.01. The molecule has 1 saturated heterocycles. The third kappa shape index (κ3) is 4.68. The number of hydrogen-bond acceptors (Lipinski definition) is 5. The van der Waals surface area contributed by atoms with Crippen molar-refractivity contribution >= 4 is 15.9 Å². The second-order valence-corrected chi connectivity index (χ2v) is 8.87. The van der Waals surface area contributed by atoms with E-state index in [4.69, 9.17) is 9.15 Å². The fourth-order valence-electron chi connectivity index (χ4n) is 3.31. The Morgan fingerprint density at radius 2 is 1.71 bits per heavy atom. The number of carbonyl (C=O) groups excluding carboxylic acids is 1. The lowest BCUT2D eigenvalue weighted by Crippen LogP contribution is -2.41. The van der Waals surface area contributed by atoms with Gasteiger partial charge < -0.3 is 14.5 Å². The van der Waals surface area contributed by atoms with Gasteiger partial charge >= 0.3 is 0 Å². The van der Waals surface area contributed by atoms with Crippen molar-refractivity contribution in [2.75, 3.05) is 26.3 Å². The molecule has 0 unspecified atom stereocenters. The maximum absolute atomic E-state index is 13.1. The molecule has 0 saturated carbocycles. The van der Waals surface area contributed by atoms with Gasteiger partial charge in [0, 0.05) is 18.7 Å². The Labute approximate surface area is 179 Å². The third-order valence-corrected chi connectivity index (χ3v) is 6.89. The van der Waals surface area contributed by atoms with Crippen LogP contribution in [0.4, 0.5) is 4.39 Å². The van der Waals surface area contributed by atoms with E-state index in [1.807, 2.05) is 0 Å². The predicted octanol–water partition coefficient (Wildman–Crippen LogP) is 3.04. The molecule has 9 heteroatoms. The molecule has 0 atom stereocenters. The van der Waals surface area contributed by atoms with Crippen LogP contribution in [0.3, 0.4) is 0 Å². The molecule has 4 rings (SSSR count). The van der Waals surface area contributed by atoms with Crippen LogP contribution < -0.4 is 5.32 Å². The van der Waals surface area contributed by atoms with Crippen LogP contribution in [0.15, 0.2) is 70.0 Å². The average Bonchev–Trinajstić information content (AvgIpc) is 3.27. The summed E-state index contributed by atoms with van der Waals surface area (Å²) in [6.45, 7) is 1.21. The lowest BCUT2D eigenvalue weighted by molar-refractivity contribution is 0.0729. The minimum absolute atomic E-state index is 0.0409. The van der Waals surface area contributed by atoms with Crippen molar-refractivity contribution in [1.82, 2.24) is 9.62 Å². The van der Waals surface area contributed by atoms with Gasteiger partial charge in [-0.25, -0.2) is 12.8 Å². The highest BCUT2D eigenvalue weighted by atomic mass is 32.2. The SMILES string of the molecule is O=C(NCc1ccc(-c2ccc(F)cc2)o1)c1ccccc1S(=O)(=O)N1CCOCC1. The highest BCUT2D eigenvalue weighted by Crippen LogP contribution is 2.23. The number of rotatable bonds is 6. The van der Waals surface area contributed by atoms with Crippen LogP contribution in [0.1, 0.15) is 16.1 Å². The van der Waals surface area contributed by atoms with Crippen molar-refractivity contribution in [3.8, 4) is 11.3 Å². The molecule has 1 amide bonds. The van der Waals surface area contributed by atoms with E-state index in [-0.39, 0.29) is 35.9 Å². The molecule has 1 aliphatic rings. The second-order valence-electron chi connectivity index (χ2n) is 6.97. The molecule has 2 aromatic carbocycles. The zero-order valence-electron chi connectivity index (χ0n) is 16.6. The molecule has 1 fully saturated rings. The van der Waals surface area contributed by atoms with E-state index in [1.54, 1.807) is 36.4 Å². The highest BCUT2D eigenvalue weighted by molar-refractivity contribution is 7.89. The Kier molecular flexibility index (Phi) is 6.17. The summed E-state index contributed by atoms with van der Waals surface area (Å²) in [6.07, 6.45) is 0. The zero-order chi connectivity index (χ0) is 21.8. The van der Waals surface area contributed by atoms with Gasteiger partial charge in [0.05, 0.1) is 30.2 Å². The van der Waals surface area contributed by atoms with Gasteiger partial charge in [0.2, 0.25) is 10.0 Å². The monoisotopic (exact) mass is 444 g/mol. The summed E-state index contributed by atoms with van der Waals surface area (Å²) in [5.41, 5.74) is 0.778.